The van der Waals surface area contributed by atoms with Crippen LogP contribution in [0.2, 0.25) is 8.67 Å². The molecule has 2 N–H and O–H groups in total. The van der Waals surface area contributed by atoms with Gasteiger partial charge >= 0.3 is 0 Å². The molecule has 0 aromatic carbocycles. The van der Waals surface area contributed by atoms with Gasteiger partial charge in [0.25, 0.3) is 5.91 Å². The first-order valence-electron chi connectivity index (χ1n) is 7.04. The molecule has 0 radical (unpaired) electrons. The molecule has 0 unspecified atom stereocenters. The number of amides is 1. The van der Waals surface area contributed by atoms with Crippen LogP contribution in [0.4, 0.5) is 0 Å². The largest absolute Gasteiger partial charge is 0.336 e. The molecule has 1 heterocycles. The van der Waals surface area contributed by atoms with Crippen molar-refractivity contribution in [2.24, 2.45) is 5.73 Å². The van der Waals surface area contributed by atoms with Crippen LogP contribution in [0, 0.1) is 0 Å². The molecule has 0 atom stereocenters. The Bertz CT molecular complexity index is 470. The standard InChI is InChI=1S/C14H20Cl2N2OS/c1-2-7-18(10-5-3-9(17)4-6-10)14(19)11-8-12(15)20-13(11)16/h8-10H,2-7,17H2,1H3. The van der Waals surface area contributed by atoms with Gasteiger partial charge in [-0.25, -0.2) is 0 Å². The van der Waals surface area contributed by atoms with Gasteiger partial charge in [0.1, 0.15) is 4.34 Å². The van der Waals surface area contributed by atoms with E-state index in [1.165, 1.54) is 11.3 Å². The van der Waals surface area contributed by atoms with E-state index in [2.05, 4.69) is 6.92 Å². The van der Waals surface area contributed by atoms with Crippen LogP contribution in [-0.4, -0.2) is 29.4 Å². The minimum atomic E-state index is 0.000437. The minimum absolute atomic E-state index is 0.000437. The third-order valence-corrected chi connectivity index (χ3v) is 5.28. The van der Waals surface area contributed by atoms with E-state index in [9.17, 15) is 4.79 Å². The summed E-state index contributed by atoms with van der Waals surface area (Å²) in [6, 6.07) is 2.23. The highest BCUT2D eigenvalue weighted by Crippen LogP contribution is 2.33. The predicted molar refractivity (Wildman–Crippen MR) is 85.9 cm³/mol. The molecule has 6 heteroatoms. The molecule has 0 bridgehead atoms. The topological polar surface area (TPSA) is 46.3 Å². The van der Waals surface area contributed by atoms with Gasteiger partial charge in [-0.3, -0.25) is 4.79 Å². The Balaban J connectivity index is 2.15. The van der Waals surface area contributed by atoms with Crippen molar-refractivity contribution in [1.82, 2.24) is 4.90 Å². The molecular weight excluding hydrogens is 315 g/mol. The summed E-state index contributed by atoms with van der Waals surface area (Å²) in [5.41, 5.74) is 6.48. The van der Waals surface area contributed by atoms with Crippen LogP contribution in [0.5, 0.6) is 0 Å². The lowest BCUT2D eigenvalue weighted by Crippen LogP contribution is -2.44. The summed E-state index contributed by atoms with van der Waals surface area (Å²) in [5, 5.41) is 0. The second-order valence-corrected chi connectivity index (χ2v) is 7.59. The van der Waals surface area contributed by atoms with E-state index < -0.39 is 0 Å². The molecule has 1 aromatic heterocycles. The zero-order valence-corrected chi connectivity index (χ0v) is 13.9. The van der Waals surface area contributed by atoms with E-state index in [1.807, 2.05) is 4.90 Å². The highest BCUT2D eigenvalue weighted by molar-refractivity contribution is 7.20. The maximum absolute atomic E-state index is 12.7. The van der Waals surface area contributed by atoms with Crippen LogP contribution < -0.4 is 5.73 Å². The van der Waals surface area contributed by atoms with Crippen molar-refractivity contribution >= 4 is 40.4 Å². The Labute approximate surface area is 134 Å². The molecule has 0 saturated heterocycles. The van der Waals surface area contributed by atoms with Crippen LogP contribution in [0.3, 0.4) is 0 Å². The number of rotatable bonds is 4. The zero-order chi connectivity index (χ0) is 14.7. The third kappa shape index (κ3) is 3.67. The fraction of sp³-hybridized carbons (Fsp3) is 0.643. The average Bonchev–Trinajstić information content (AvgIpc) is 2.75. The first-order valence-corrected chi connectivity index (χ1v) is 8.61. The van der Waals surface area contributed by atoms with Gasteiger partial charge in [0, 0.05) is 18.6 Å². The molecule has 1 fully saturated rings. The molecule has 112 valence electrons. The molecule has 1 aliphatic rings. The molecule has 0 spiro atoms. The zero-order valence-electron chi connectivity index (χ0n) is 11.6. The van der Waals surface area contributed by atoms with Gasteiger partial charge in [0.15, 0.2) is 0 Å². The van der Waals surface area contributed by atoms with Crippen LogP contribution in [0.15, 0.2) is 6.07 Å². The summed E-state index contributed by atoms with van der Waals surface area (Å²) >= 11 is 13.3. The summed E-state index contributed by atoms with van der Waals surface area (Å²) in [7, 11) is 0. The Morgan fingerprint density at radius 3 is 2.55 bits per heavy atom. The van der Waals surface area contributed by atoms with Crippen molar-refractivity contribution in [3.63, 3.8) is 0 Å². The summed E-state index contributed by atoms with van der Waals surface area (Å²) in [6.07, 6.45) is 4.85. The number of hydrogen-bond acceptors (Lipinski definition) is 3. The highest BCUT2D eigenvalue weighted by atomic mass is 35.5. The fourth-order valence-corrected chi connectivity index (χ4v) is 4.19. The van der Waals surface area contributed by atoms with Gasteiger partial charge in [0.05, 0.1) is 9.90 Å². The number of nitrogens with zero attached hydrogens (tertiary/aromatic N) is 1. The minimum Gasteiger partial charge on any atom is -0.336 e. The molecule has 20 heavy (non-hydrogen) atoms. The normalized spacial score (nSPS) is 22.8. The van der Waals surface area contributed by atoms with Crippen molar-refractivity contribution in [1.29, 1.82) is 0 Å². The number of halogens is 2. The SMILES string of the molecule is CCCN(C(=O)c1cc(Cl)sc1Cl)C1CCC(N)CC1. The molecular formula is C14H20Cl2N2OS. The second-order valence-electron chi connectivity index (χ2n) is 5.31. The van der Waals surface area contributed by atoms with Gasteiger partial charge in [-0.2, -0.15) is 0 Å². The van der Waals surface area contributed by atoms with Crippen LogP contribution >= 0.6 is 34.5 Å². The van der Waals surface area contributed by atoms with E-state index in [1.54, 1.807) is 6.07 Å². The highest BCUT2D eigenvalue weighted by Gasteiger charge is 2.29. The Morgan fingerprint density at radius 2 is 2.05 bits per heavy atom. The van der Waals surface area contributed by atoms with Crippen LogP contribution in [0.1, 0.15) is 49.4 Å². The molecule has 0 aliphatic heterocycles. The number of thiophene rings is 1. The lowest BCUT2D eigenvalue weighted by Gasteiger charge is -2.36. The first kappa shape index (κ1) is 16.1. The van der Waals surface area contributed by atoms with Gasteiger partial charge < -0.3 is 10.6 Å². The first-order chi connectivity index (χ1) is 9.52. The Hall–Kier alpha value is -0.290. The molecule has 3 nitrogen and oxygen atoms in total. The summed E-state index contributed by atoms with van der Waals surface area (Å²) < 4.78 is 1.04. The summed E-state index contributed by atoms with van der Waals surface area (Å²) in [6.45, 7) is 2.83. The third-order valence-electron chi connectivity index (χ3n) is 3.79. The second kappa shape index (κ2) is 7.12. The lowest BCUT2D eigenvalue weighted by molar-refractivity contribution is 0.0627. The average molecular weight is 335 g/mol. The molecule has 2 rings (SSSR count). The Kier molecular flexibility index (Phi) is 5.73. The van der Waals surface area contributed by atoms with Gasteiger partial charge in [-0.1, -0.05) is 30.1 Å². The maximum Gasteiger partial charge on any atom is 0.256 e. The summed E-state index contributed by atoms with van der Waals surface area (Å²) in [5.74, 6) is 0.000437. The van der Waals surface area contributed by atoms with E-state index >= 15 is 0 Å². The summed E-state index contributed by atoms with van der Waals surface area (Å²) in [4.78, 5) is 14.7. The van der Waals surface area contributed by atoms with E-state index in [-0.39, 0.29) is 18.0 Å². The van der Waals surface area contributed by atoms with Crippen molar-refractivity contribution in [3.8, 4) is 0 Å². The Morgan fingerprint density at radius 1 is 1.40 bits per heavy atom. The van der Waals surface area contributed by atoms with Crippen molar-refractivity contribution in [2.75, 3.05) is 6.54 Å². The van der Waals surface area contributed by atoms with Crippen LogP contribution in [-0.2, 0) is 0 Å². The van der Waals surface area contributed by atoms with E-state index in [0.717, 1.165) is 38.6 Å². The van der Waals surface area contributed by atoms with Gasteiger partial charge in [0.2, 0.25) is 0 Å². The predicted octanol–water partition coefficient (Wildman–Crippen LogP) is 4.18. The lowest BCUT2D eigenvalue weighted by atomic mass is 9.90. The van der Waals surface area contributed by atoms with E-state index in [0.29, 0.717) is 14.2 Å². The number of carbonyl (C=O) groups is 1. The molecule has 1 amide bonds. The molecule has 1 aromatic rings. The van der Waals surface area contributed by atoms with E-state index in [4.69, 9.17) is 28.9 Å². The van der Waals surface area contributed by atoms with Gasteiger partial charge in [-0.05, 0) is 38.2 Å². The smallest absolute Gasteiger partial charge is 0.256 e. The number of nitrogens with two attached hydrogens (primary N) is 1. The van der Waals surface area contributed by atoms with Gasteiger partial charge in [-0.15, -0.1) is 11.3 Å². The fourth-order valence-electron chi connectivity index (χ4n) is 2.74. The number of carbonyl (C=O) groups excluding carboxylic acids is 1. The maximum atomic E-state index is 12.7. The molecule has 1 aliphatic carbocycles. The van der Waals surface area contributed by atoms with Crippen molar-refractivity contribution in [2.45, 2.75) is 51.1 Å². The van der Waals surface area contributed by atoms with Crippen molar-refractivity contribution < 1.29 is 4.79 Å². The molecule has 1 saturated carbocycles. The number of hydrogen-bond donors (Lipinski definition) is 1. The monoisotopic (exact) mass is 334 g/mol. The quantitative estimate of drug-likeness (QED) is 0.897. The van der Waals surface area contributed by atoms with Crippen LogP contribution in [0.25, 0.3) is 0 Å². The van der Waals surface area contributed by atoms with Crippen molar-refractivity contribution in [3.05, 3.63) is 20.3 Å².